The molecule has 0 aromatic heterocycles. The number of ether oxygens (including phenoxy) is 1. The standard InChI is InChI=1S/C25H19Br2N3O4/c1-15-4-3-5-17(8-15)14-34-24-20(26)11-18(12-21(24)27)10-19(13-28)25(31)29-22-7-6-16(2)9-23(22)30(32)33/h3-12H,14H2,1-2H3,(H,29,31)/b19-10+. The molecule has 0 aliphatic rings. The molecular formula is C25H19Br2N3O4. The number of rotatable bonds is 7. The van der Waals surface area contributed by atoms with Crippen LogP contribution in [0.3, 0.4) is 0 Å². The molecule has 1 amide bonds. The van der Waals surface area contributed by atoms with E-state index in [4.69, 9.17) is 4.74 Å². The second-order valence-corrected chi connectivity index (χ2v) is 9.20. The monoisotopic (exact) mass is 583 g/mol. The first-order chi connectivity index (χ1) is 16.2. The van der Waals surface area contributed by atoms with Gasteiger partial charge in [0.25, 0.3) is 11.6 Å². The molecule has 0 saturated carbocycles. The Kier molecular flexibility index (Phi) is 8.21. The molecule has 3 rings (SSSR count). The smallest absolute Gasteiger partial charge is 0.293 e. The lowest BCUT2D eigenvalue weighted by Gasteiger charge is -2.12. The first kappa shape index (κ1) is 25.1. The van der Waals surface area contributed by atoms with E-state index in [1.54, 1.807) is 25.1 Å². The molecule has 7 nitrogen and oxygen atoms in total. The maximum absolute atomic E-state index is 12.7. The number of amides is 1. The van der Waals surface area contributed by atoms with E-state index in [1.807, 2.05) is 37.3 Å². The van der Waals surface area contributed by atoms with Crippen molar-refractivity contribution in [3.05, 3.63) is 101 Å². The van der Waals surface area contributed by atoms with Gasteiger partial charge in [-0.3, -0.25) is 14.9 Å². The molecule has 3 aromatic carbocycles. The van der Waals surface area contributed by atoms with Crippen LogP contribution in [0.5, 0.6) is 5.75 Å². The molecule has 34 heavy (non-hydrogen) atoms. The number of anilines is 1. The van der Waals surface area contributed by atoms with Crippen molar-refractivity contribution in [1.82, 2.24) is 0 Å². The summed E-state index contributed by atoms with van der Waals surface area (Å²) in [4.78, 5) is 23.4. The normalized spacial score (nSPS) is 11.0. The van der Waals surface area contributed by atoms with Crippen LogP contribution in [0.15, 0.2) is 69.1 Å². The average molecular weight is 585 g/mol. The van der Waals surface area contributed by atoms with Gasteiger partial charge < -0.3 is 10.1 Å². The molecule has 0 heterocycles. The Labute approximate surface area is 213 Å². The number of benzene rings is 3. The number of aryl methyl sites for hydroxylation is 2. The molecule has 0 fully saturated rings. The SMILES string of the molecule is Cc1cccc(COc2c(Br)cc(/C=C(\C#N)C(=O)Nc3ccc(C)cc3[N+](=O)[O-])cc2Br)c1. The summed E-state index contributed by atoms with van der Waals surface area (Å²) >= 11 is 6.96. The molecule has 172 valence electrons. The van der Waals surface area contributed by atoms with Crippen LogP contribution in [0.2, 0.25) is 0 Å². The number of nitriles is 1. The molecule has 9 heteroatoms. The molecular weight excluding hydrogens is 566 g/mol. The zero-order chi connectivity index (χ0) is 24.8. The zero-order valence-corrected chi connectivity index (χ0v) is 21.4. The van der Waals surface area contributed by atoms with E-state index in [0.29, 0.717) is 32.4 Å². The number of halogens is 2. The molecule has 0 aliphatic heterocycles. The predicted octanol–water partition coefficient (Wildman–Crippen LogP) is 6.86. The molecule has 0 bridgehead atoms. The average Bonchev–Trinajstić information content (AvgIpc) is 2.78. The van der Waals surface area contributed by atoms with Crippen LogP contribution in [0, 0.1) is 35.3 Å². The van der Waals surface area contributed by atoms with Crippen molar-refractivity contribution < 1.29 is 14.5 Å². The van der Waals surface area contributed by atoms with Gasteiger partial charge in [0.05, 0.1) is 13.9 Å². The Morgan fingerprint density at radius 3 is 2.41 bits per heavy atom. The Balaban J connectivity index is 1.81. The highest BCUT2D eigenvalue weighted by Gasteiger charge is 2.18. The van der Waals surface area contributed by atoms with Gasteiger partial charge in [0.1, 0.15) is 29.7 Å². The molecule has 0 saturated heterocycles. The van der Waals surface area contributed by atoms with E-state index in [2.05, 4.69) is 37.2 Å². The van der Waals surface area contributed by atoms with Crippen LogP contribution in [0.25, 0.3) is 6.08 Å². The summed E-state index contributed by atoms with van der Waals surface area (Å²) < 4.78 is 7.21. The third-order valence-corrected chi connectivity index (χ3v) is 5.94. The summed E-state index contributed by atoms with van der Waals surface area (Å²) in [6, 6.07) is 17.7. The lowest BCUT2D eigenvalue weighted by atomic mass is 10.1. The lowest BCUT2D eigenvalue weighted by molar-refractivity contribution is -0.384. The number of carbonyl (C=O) groups is 1. The summed E-state index contributed by atoms with van der Waals surface area (Å²) in [5, 5.41) is 23.3. The summed E-state index contributed by atoms with van der Waals surface area (Å²) in [5.74, 6) is -0.168. The summed E-state index contributed by atoms with van der Waals surface area (Å²) in [6.45, 7) is 4.09. The van der Waals surface area contributed by atoms with Crippen molar-refractivity contribution in [2.45, 2.75) is 20.5 Å². The number of nitro benzene ring substituents is 1. The lowest BCUT2D eigenvalue weighted by Crippen LogP contribution is -2.14. The van der Waals surface area contributed by atoms with Crippen LogP contribution in [0.1, 0.15) is 22.3 Å². The van der Waals surface area contributed by atoms with Gasteiger partial charge in [-0.2, -0.15) is 5.26 Å². The minimum absolute atomic E-state index is 0.0176. The number of nitro groups is 1. The number of hydrogen-bond donors (Lipinski definition) is 1. The van der Waals surface area contributed by atoms with Crippen LogP contribution in [-0.2, 0) is 11.4 Å². The predicted molar refractivity (Wildman–Crippen MR) is 137 cm³/mol. The first-order valence-corrected chi connectivity index (χ1v) is 11.6. The molecule has 0 unspecified atom stereocenters. The third-order valence-electron chi connectivity index (χ3n) is 4.76. The van der Waals surface area contributed by atoms with Crippen molar-refractivity contribution >= 4 is 55.2 Å². The fraction of sp³-hybridized carbons (Fsp3) is 0.120. The maximum atomic E-state index is 12.7. The highest BCUT2D eigenvalue weighted by atomic mass is 79.9. The van der Waals surface area contributed by atoms with E-state index in [0.717, 1.165) is 11.1 Å². The molecule has 1 N–H and O–H groups in total. The fourth-order valence-corrected chi connectivity index (χ4v) is 4.61. The van der Waals surface area contributed by atoms with Crippen molar-refractivity contribution in [2.75, 3.05) is 5.32 Å². The van der Waals surface area contributed by atoms with Gasteiger partial charge >= 0.3 is 0 Å². The molecule has 3 aromatic rings. The van der Waals surface area contributed by atoms with Gasteiger partial charge in [0.15, 0.2) is 0 Å². The van der Waals surface area contributed by atoms with Crippen LogP contribution < -0.4 is 10.1 Å². The minimum atomic E-state index is -0.749. The van der Waals surface area contributed by atoms with Gasteiger partial charge in [0.2, 0.25) is 0 Å². The fourth-order valence-electron chi connectivity index (χ4n) is 3.16. The summed E-state index contributed by atoms with van der Waals surface area (Å²) in [7, 11) is 0. The van der Waals surface area contributed by atoms with Gasteiger partial charge in [-0.05, 0) is 86.7 Å². The molecule has 0 aliphatic carbocycles. The highest BCUT2D eigenvalue weighted by molar-refractivity contribution is 9.11. The van der Waals surface area contributed by atoms with Crippen molar-refractivity contribution in [2.24, 2.45) is 0 Å². The summed E-state index contributed by atoms with van der Waals surface area (Å²) in [6.07, 6.45) is 1.40. The van der Waals surface area contributed by atoms with E-state index < -0.39 is 10.8 Å². The van der Waals surface area contributed by atoms with Crippen LogP contribution in [0.4, 0.5) is 11.4 Å². The third kappa shape index (κ3) is 6.31. The Morgan fingerprint density at radius 2 is 1.79 bits per heavy atom. The topological polar surface area (TPSA) is 105 Å². The van der Waals surface area contributed by atoms with Crippen LogP contribution in [-0.4, -0.2) is 10.8 Å². The number of nitrogens with one attached hydrogen (secondary N) is 1. The second-order valence-electron chi connectivity index (χ2n) is 7.49. The minimum Gasteiger partial charge on any atom is -0.487 e. The Bertz CT molecular complexity index is 1320. The van der Waals surface area contributed by atoms with Crippen molar-refractivity contribution in [1.29, 1.82) is 5.26 Å². The van der Waals surface area contributed by atoms with Gasteiger partial charge in [-0.1, -0.05) is 35.9 Å². The van der Waals surface area contributed by atoms with E-state index in [-0.39, 0.29) is 16.9 Å². The molecule has 0 atom stereocenters. The van der Waals surface area contributed by atoms with Gasteiger partial charge in [0, 0.05) is 6.07 Å². The number of hydrogen-bond acceptors (Lipinski definition) is 5. The first-order valence-electron chi connectivity index (χ1n) is 10.0. The quantitative estimate of drug-likeness (QED) is 0.141. The van der Waals surface area contributed by atoms with Crippen LogP contribution >= 0.6 is 31.9 Å². The second kappa shape index (κ2) is 11.1. The largest absolute Gasteiger partial charge is 0.487 e. The number of nitrogens with zero attached hydrogens (tertiary/aromatic N) is 2. The van der Waals surface area contributed by atoms with E-state index >= 15 is 0 Å². The highest BCUT2D eigenvalue weighted by Crippen LogP contribution is 2.36. The van der Waals surface area contributed by atoms with Crippen molar-refractivity contribution in [3.63, 3.8) is 0 Å². The molecule has 0 radical (unpaired) electrons. The summed E-state index contributed by atoms with van der Waals surface area (Å²) in [5.41, 5.74) is 2.97. The molecule has 0 spiro atoms. The zero-order valence-electron chi connectivity index (χ0n) is 18.3. The Morgan fingerprint density at radius 1 is 1.12 bits per heavy atom. The Hall–Kier alpha value is -3.48. The van der Waals surface area contributed by atoms with Gasteiger partial charge in [-0.15, -0.1) is 0 Å². The maximum Gasteiger partial charge on any atom is 0.293 e. The van der Waals surface area contributed by atoms with E-state index in [1.165, 1.54) is 18.2 Å². The van der Waals surface area contributed by atoms with Gasteiger partial charge in [-0.25, -0.2) is 0 Å². The van der Waals surface area contributed by atoms with Crippen molar-refractivity contribution in [3.8, 4) is 11.8 Å². The van der Waals surface area contributed by atoms with E-state index in [9.17, 15) is 20.2 Å². The number of carbonyl (C=O) groups excluding carboxylic acids is 1.